The minimum atomic E-state index is -0.720. The number of rotatable bonds is 7. The molecular weight excluding hydrogens is 438 g/mol. The van der Waals surface area contributed by atoms with Crippen molar-refractivity contribution in [3.63, 3.8) is 0 Å². The van der Waals surface area contributed by atoms with Crippen molar-refractivity contribution >= 4 is 28.8 Å². The molecule has 0 spiro atoms. The fourth-order valence-corrected chi connectivity index (χ4v) is 4.25. The van der Waals surface area contributed by atoms with Crippen LogP contribution in [0.25, 0.3) is 5.57 Å². The van der Waals surface area contributed by atoms with Crippen molar-refractivity contribution in [2.75, 3.05) is 49.5 Å². The molecule has 0 radical (unpaired) electrons. The van der Waals surface area contributed by atoms with Crippen LogP contribution in [0.1, 0.15) is 18.3 Å². The second-order valence-corrected chi connectivity index (χ2v) is 8.70. The normalized spacial score (nSPS) is 20.5. The summed E-state index contributed by atoms with van der Waals surface area (Å²) in [6, 6.07) is 5.42. The van der Waals surface area contributed by atoms with Crippen molar-refractivity contribution in [1.82, 2.24) is 14.9 Å². The number of hydrogen-bond donors (Lipinski definition) is 4. The fraction of sp³-hybridized carbons (Fsp3) is 0.391. The summed E-state index contributed by atoms with van der Waals surface area (Å²) in [6.07, 6.45) is 4.78. The number of aromatic nitrogens is 2. The molecule has 2 aliphatic heterocycles. The second-order valence-electron chi connectivity index (χ2n) is 8.70. The third-order valence-electron chi connectivity index (χ3n) is 5.99. The van der Waals surface area contributed by atoms with Crippen LogP contribution >= 0.6 is 0 Å². The number of benzene rings is 1. The molecule has 11 heteroatoms. The molecule has 2 amide bonds. The van der Waals surface area contributed by atoms with Crippen LogP contribution in [0, 0.1) is 0 Å². The minimum Gasteiger partial charge on any atom is -0.484 e. The number of fused-ring (bicyclic) bond motifs is 1. The number of nitrogens with one attached hydrogen (secondary N) is 1. The molecule has 1 saturated heterocycles. The zero-order valence-corrected chi connectivity index (χ0v) is 19.0. The zero-order chi connectivity index (χ0) is 24.3. The first-order valence-electron chi connectivity index (χ1n) is 11.0. The molecule has 1 aromatic carbocycles. The standard InChI is InChI=1S/C23H29N7O4/c1-23(14-31)11-15-9-17(28-22(33)16(12-24)21-26-3-2-4-27-21)18(10-19(15)34-23)30-7-5-29(6-8-30)13-20(25)32/h2-4,9-10,12,31H,5-8,11,13-14,24H2,1H3,(H2,25,32)(H,28,33)/t23-/m1/s1. The van der Waals surface area contributed by atoms with Gasteiger partial charge in [-0.05, 0) is 19.1 Å². The molecule has 2 aliphatic rings. The molecule has 0 bridgehead atoms. The van der Waals surface area contributed by atoms with Crippen LogP contribution in [0.3, 0.4) is 0 Å². The summed E-state index contributed by atoms with van der Waals surface area (Å²) in [5.74, 6) is 0.0949. The molecule has 0 unspecified atom stereocenters. The number of amides is 2. The number of piperazine rings is 1. The molecule has 1 fully saturated rings. The van der Waals surface area contributed by atoms with Crippen LogP contribution in [0.5, 0.6) is 5.75 Å². The third-order valence-corrected chi connectivity index (χ3v) is 5.99. The van der Waals surface area contributed by atoms with E-state index in [0.717, 1.165) is 11.3 Å². The summed E-state index contributed by atoms with van der Waals surface area (Å²) >= 11 is 0. The van der Waals surface area contributed by atoms with Crippen molar-refractivity contribution in [2.45, 2.75) is 18.9 Å². The van der Waals surface area contributed by atoms with E-state index in [2.05, 4.69) is 20.2 Å². The Morgan fingerprint density at radius 2 is 1.94 bits per heavy atom. The quantitative estimate of drug-likeness (QED) is 0.401. The van der Waals surface area contributed by atoms with Gasteiger partial charge < -0.3 is 31.5 Å². The molecule has 180 valence electrons. The summed E-state index contributed by atoms with van der Waals surface area (Å²) < 4.78 is 6.03. The van der Waals surface area contributed by atoms with Crippen molar-refractivity contribution in [3.8, 4) is 5.75 Å². The number of hydrogen-bond acceptors (Lipinski definition) is 9. The van der Waals surface area contributed by atoms with Gasteiger partial charge >= 0.3 is 0 Å². The Kier molecular flexibility index (Phi) is 6.66. The van der Waals surface area contributed by atoms with Gasteiger partial charge in [0.25, 0.3) is 5.91 Å². The molecule has 0 saturated carbocycles. The van der Waals surface area contributed by atoms with Crippen molar-refractivity contribution < 1.29 is 19.4 Å². The van der Waals surface area contributed by atoms with Gasteiger partial charge in [-0.15, -0.1) is 0 Å². The number of aliphatic hydroxyl groups excluding tert-OH is 1. The summed E-state index contributed by atoms with van der Waals surface area (Å²) in [5.41, 5.74) is 12.7. The Labute approximate surface area is 197 Å². The van der Waals surface area contributed by atoms with Crippen molar-refractivity contribution in [1.29, 1.82) is 0 Å². The summed E-state index contributed by atoms with van der Waals surface area (Å²) in [4.78, 5) is 36.8. The van der Waals surface area contributed by atoms with Gasteiger partial charge in [0.1, 0.15) is 11.4 Å². The first-order valence-corrected chi connectivity index (χ1v) is 11.0. The lowest BCUT2D eigenvalue weighted by atomic mass is 9.99. The van der Waals surface area contributed by atoms with Gasteiger partial charge in [-0.25, -0.2) is 9.97 Å². The zero-order valence-electron chi connectivity index (χ0n) is 19.0. The Morgan fingerprint density at radius 1 is 1.24 bits per heavy atom. The van der Waals surface area contributed by atoms with Gasteiger partial charge in [-0.2, -0.15) is 0 Å². The lowest BCUT2D eigenvalue weighted by molar-refractivity contribution is -0.119. The Bertz CT molecular complexity index is 1100. The van der Waals surface area contributed by atoms with Gasteiger partial charge in [0.05, 0.1) is 30.1 Å². The molecule has 1 aromatic heterocycles. The SMILES string of the molecule is C[C@]1(CO)Cc2cc(NC(=O)C(=CN)c3ncccn3)c(N3CCN(CC(N)=O)CC3)cc2O1. The summed E-state index contributed by atoms with van der Waals surface area (Å²) in [6.45, 7) is 4.48. The van der Waals surface area contributed by atoms with E-state index in [1.165, 1.54) is 6.20 Å². The van der Waals surface area contributed by atoms with Crippen molar-refractivity contribution in [2.24, 2.45) is 11.5 Å². The van der Waals surface area contributed by atoms with E-state index >= 15 is 0 Å². The average molecular weight is 468 g/mol. The topological polar surface area (TPSA) is 160 Å². The largest absolute Gasteiger partial charge is 0.484 e. The number of anilines is 2. The van der Waals surface area contributed by atoms with E-state index in [1.807, 2.05) is 24.0 Å². The highest BCUT2D eigenvalue weighted by Gasteiger charge is 2.36. The summed E-state index contributed by atoms with van der Waals surface area (Å²) in [5, 5.41) is 12.7. The Morgan fingerprint density at radius 3 is 2.56 bits per heavy atom. The molecule has 0 aliphatic carbocycles. The molecule has 34 heavy (non-hydrogen) atoms. The van der Waals surface area contributed by atoms with E-state index < -0.39 is 11.5 Å². The predicted molar refractivity (Wildman–Crippen MR) is 127 cm³/mol. The molecule has 11 nitrogen and oxygen atoms in total. The van der Waals surface area contributed by atoms with Crippen LogP contribution < -0.4 is 26.4 Å². The fourth-order valence-electron chi connectivity index (χ4n) is 4.25. The number of ether oxygens (including phenoxy) is 1. The van der Waals surface area contributed by atoms with Crippen LogP contribution in [0.15, 0.2) is 36.8 Å². The lowest BCUT2D eigenvalue weighted by Gasteiger charge is -2.36. The first kappa shape index (κ1) is 23.5. The smallest absolute Gasteiger partial charge is 0.261 e. The number of nitrogens with zero attached hydrogens (tertiary/aromatic N) is 4. The van der Waals surface area contributed by atoms with E-state index in [0.29, 0.717) is 44.0 Å². The van der Waals surface area contributed by atoms with E-state index in [-0.39, 0.29) is 30.5 Å². The maximum atomic E-state index is 13.1. The van der Waals surface area contributed by atoms with Gasteiger partial charge in [-0.1, -0.05) is 0 Å². The number of nitrogens with two attached hydrogens (primary N) is 2. The van der Waals surface area contributed by atoms with E-state index in [1.54, 1.807) is 18.5 Å². The first-order chi connectivity index (χ1) is 16.3. The molecule has 1 atom stereocenters. The molecule has 3 heterocycles. The van der Waals surface area contributed by atoms with Crippen LogP contribution in [0.2, 0.25) is 0 Å². The number of carbonyl (C=O) groups excluding carboxylic acids is 2. The average Bonchev–Trinajstić information content (AvgIpc) is 3.16. The maximum absolute atomic E-state index is 13.1. The number of primary amides is 1. The third kappa shape index (κ3) is 4.95. The predicted octanol–water partition coefficient (Wildman–Crippen LogP) is -0.292. The highest BCUT2D eigenvalue weighted by molar-refractivity contribution is 6.24. The number of carbonyl (C=O) groups is 2. The lowest BCUT2D eigenvalue weighted by Crippen LogP contribution is -2.49. The maximum Gasteiger partial charge on any atom is 0.261 e. The van der Waals surface area contributed by atoms with Gasteiger partial charge in [0.2, 0.25) is 5.91 Å². The molecule has 2 aromatic rings. The van der Waals surface area contributed by atoms with Gasteiger partial charge in [0.15, 0.2) is 5.82 Å². The second kappa shape index (κ2) is 9.65. The molecule has 6 N–H and O–H groups in total. The monoisotopic (exact) mass is 467 g/mol. The van der Waals surface area contributed by atoms with Crippen LogP contribution in [-0.2, 0) is 16.0 Å². The van der Waals surface area contributed by atoms with Gasteiger partial charge in [0, 0.05) is 62.8 Å². The highest BCUT2D eigenvalue weighted by Crippen LogP contribution is 2.42. The molecule has 4 rings (SSSR count). The minimum absolute atomic E-state index is 0.129. The van der Waals surface area contributed by atoms with Crippen LogP contribution in [-0.4, -0.2) is 76.7 Å². The number of aliphatic hydroxyl groups is 1. The van der Waals surface area contributed by atoms with E-state index in [9.17, 15) is 14.7 Å². The van der Waals surface area contributed by atoms with E-state index in [4.69, 9.17) is 16.2 Å². The highest BCUT2D eigenvalue weighted by atomic mass is 16.5. The Balaban J connectivity index is 1.63. The Hall–Kier alpha value is -3.70. The molecular formula is C23H29N7O4. The van der Waals surface area contributed by atoms with Crippen molar-refractivity contribution in [3.05, 3.63) is 48.2 Å². The van der Waals surface area contributed by atoms with Crippen LogP contribution in [0.4, 0.5) is 11.4 Å². The summed E-state index contributed by atoms with van der Waals surface area (Å²) in [7, 11) is 0. The van der Waals surface area contributed by atoms with Gasteiger partial charge in [-0.3, -0.25) is 14.5 Å².